The van der Waals surface area contributed by atoms with Crippen LogP contribution >= 0.6 is 31.9 Å². The van der Waals surface area contributed by atoms with Crippen molar-refractivity contribution < 1.29 is 9.13 Å². The Kier molecular flexibility index (Phi) is 3.50. The summed E-state index contributed by atoms with van der Waals surface area (Å²) in [6.07, 6.45) is 3.05. The van der Waals surface area contributed by atoms with Crippen molar-refractivity contribution in [1.82, 2.24) is 9.97 Å². The van der Waals surface area contributed by atoms with E-state index in [1.54, 1.807) is 6.07 Å². The van der Waals surface area contributed by atoms with E-state index < -0.39 is 5.82 Å². The van der Waals surface area contributed by atoms with Gasteiger partial charge in [-0.1, -0.05) is 15.9 Å². The smallest absolute Gasteiger partial charge is 0.322 e. The maximum absolute atomic E-state index is 13.3. The molecular weight excluding hydrogens is 343 g/mol. The summed E-state index contributed by atoms with van der Waals surface area (Å²) in [4.78, 5) is 7.76. The molecule has 16 heavy (non-hydrogen) atoms. The van der Waals surface area contributed by atoms with Gasteiger partial charge in [-0.2, -0.15) is 0 Å². The number of rotatable bonds is 2. The largest absolute Gasteiger partial charge is 0.421 e. The van der Waals surface area contributed by atoms with Crippen LogP contribution in [0, 0.1) is 5.82 Å². The van der Waals surface area contributed by atoms with E-state index in [1.165, 1.54) is 24.5 Å². The molecule has 0 saturated heterocycles. The highest BCUT2D eigenvalue weighted by molar-refractivity contribution is 9.10. The van der Waals surface area contributed by atoms with Gasteiger partial charge in [0.15, 0.2) is 11.6 Å². The molecule has 0 aliphatic carbocycles. The summed E-state index contributed by atoms with van der Waals surface area (Å²) in [5.41, 5.74) is 0. The summed E-state index contributed by atoms with van der Waals surface area (Å²) < 4.78 is 20.0. The molecule has 0 bridgehead atoms. The van der Waals surface area contributed by atoms with E-state index in [-0.39, 0.29) is 11.8 Å². The van der Waals surface area contributed by atoms with Crippen LogP contribution in [0.5, 0.6) is 11.8 Å². The normalized spacial score (nSPS) is 10.2. The summed E-state index contributed by atoms with van der Waals surface area (Å²) >= 11 is 6.42. The number of hydrogen-bond acceptors (Lipinski definition) is 3. The van der Waals surface area contributed by atoms with E-state index in [1.807, 2.05) is 0 Å². The first kappa shape index (κ1) is 11.5. The van der Waals surface area contributed by atoms with Crippen LogP contribution < -0.4 is 4.74 Å². The van der Waals surface area contributed by atoms with Gasteiger partial charge in [0.1, 0.15) is 0 Å². The molecule has 0 fully saturated rings. The minimum absolute atomic E-state index is 0.0803. The van der Waals surface area contributed by atoms with E-state index in [4.69, 9.17) is 4.74 Å². The molecule has 0 saturated carbocycles. The maximum atomic E-state index is 13.3. The minimum atomic E-state index is -0.463. The van der Waals surface area contributed by atoms with Crippen molar-refractivity contribution in [3.63, 3.8) is 0 Å². The molecule has 2 aromatic rings. The van der Waals surface area contributed by atoms with Gasteiger partial charge >= 0.3 is 6.01 Å². The molecule has 1 aromatic heterocycles. The average molecular weight is 348 g/mol. The van der Waals surface area contributed by atoms with Crippen LogP contribution in [0.15, 0.2) is 39.5 Å². The SMILES string of the molecule is Fc1ccc(Br)cc1Oc1ncc(Br)cn1. The van der Waals surface area contributed by atoms with Gasteiger partial charge in [-0.3, -0.25) is 0 Å². The molecular formula is C10H5Br2FN2O. The molecule has 0 atom stereocenters. The molecule has 2 rings (SSSR count). The first-order valence-corrected chi connectivity index (χ1v) is 5.84. The van der Waals surface area contributed by atoms with Crippen LogP contribution in [-0.4, -0.2) is 9.97 Å². The molecule has 3 nitrogen and oxygen atoms in total. The third-order valence-electron chi connectivity index (χ3n) is 1.69. The van der Waals surface area contributed by atoms with Crippen LogP contribution in [0.2, 0.25) is 0 Å². The van der Waals surface area contributed by atoms with Gasteiger partial charge in [0, 0.05) is 16.9 Å². The third kappa shape index (κ3) is 2.76. The van der Waals surface area contributed by atoms with Gasteiger partial charge in [0.05, 0.1) is 4.47 Å². The van der Waals surface area contributed by atoms with Gasteiger partial charge in [0.2, 0.25) is 0 Å². The summed E-state index contributed by atoms with van der Waals surface area (Å²) in [6, 6.07) is 4.50. The fourth-order valence-electron chi connectivity index (χ4n) is 1.01. The van der Waals surface area contributed by atoms with Gasteiger partial charge in [0.25, 0.3) is 0 Å². The van der Waals surface area contributed by atoms with Gasteiger partial charge in [-0.25, -0.2) is 14.4 Å². The van der Waals surface area contributed by atoms with E-state index in [0.29, 0.717) is 0 Å². The van der Waals surface area contributed by atoms with E-state index in [0.717, 1.165) is 8.95 Å². The first-order valence-electron chi connectivity index (χ1n) is 4.25. The zero-order valence-electron chi connectivity index (χ0n) is 7.82. The van der Waals surface area contributed by atoms with Gasteiger partial charge in [-0.05, 0) is 34.1 Å². The van der Waals surface area contributed by atoms with Crippen molar-refractivity contribution in [2.75, 3.05) is 0 Å². The lowest BCUT2D eigenvalue weighted by atomic mass is 10.3. The Balaban J connectivity index is 2.26. The molecule has 1 aromatic carbocycles. The fraction of sp³-hybridized carbons (Fsp3) is 0. The number of ether oxygens (including phenoxy) is 1. The van der Waals surface area contributed by atoms with Crippen LogP contribution in [0.3, 0.4) is 0 Å². The highest BCUT2D eigenvalue weighted by Crippen LogP contribution is 2.25. The second-order valence-electron chi connectivity index (χ2n) is 2.86. The molecule has 0 spiro atoms. The molecule has 0 unspecified atom stereocenters. The second kappa shape index (κ2) is 4.88. The number of aromatic nitrogens is 2. The molecule has 0 aliphatic heterocycles. The highest BCUT2D eigenvalue weighted by atomic mass is 79.9. The number of halogens is 3. The molecule has 0 radical (unpaired) electrons. The monoisotopic (exact) mass is 346 g/mol. The quantitative estimate of drug-likeness (QED) is 0.825. The lowest BCUT2D eigenvalue weighted by molar-refractivity contribution is 0.410. The lowest BCUT2D eigenvalue weighted by Gasteiger charge is -2.04. The predicted molar refractivity (Wildman–Crippen MR) is 63.9 cm³/mol. The third-order valence-corrected chi connectivity index (χ3v) is 2.59. The Labute approximate surface area is 108 Å². The average Bonchev–Trinajstić information content (AvgIpc) is 2.27. The van der Waals surface area contributed by atoms with Crippen LogP contribution in [-0.2, 0) is 0 Å². The van der Waals surface area contributed by atoms with E-state index >= 15 is 0 Å². The Bertz CT molecular complexity index is 505. The summed E-state index contributed by atoms with van der Waals surface area (Å²) in [7, 11) is 0. The van der Waals surface area contributed by atoms with Crippen molar-refractivity contribution in [1.29, 1.82) is 0 Å². The number of benzene rings is 1. The molecule has 0 aliphatic rings. The number of nitrogens with zero attached hydrogens (tertiary/aromatic N) is 2. The van der Waals surface area contributed by atoms with Crippen LogP contribution in [0.4, 0.5) is 4.39 Å². The molecule has 82 valence electrons. The summed E-state index contributed by atoms with van der Waals surface area (Å²) in [5.74, 6) is -0.383. The molecule has 1 heterocycles. The van der Waals surface area contributed by atoms with Gasteiger partial charge in [-0.15, -0.1) is 0 Å². The zero-order chi connectivity index (χ0) is 11.5. The zero-order valence-corrected chi connectivity index (χ0v) is 11.0. The molecule has 6 heteroatoms. The lowest BCUT2D eigenvalue weighted by Crippen LogP contribution is -1.93. The second-order valence-corrected chi connectivity index (χ2v) is 4.69. The number of hydrogen-bond donors (Lipinski definition) is 0. The van der Waals surface area contributed by atoms with E-state index in [2.05, 4.69) is 41.8 Å². The standard InChI is InChI=1S/C10H5Br2FN2O/c11-6-1-2-8(13)9(3-6)16-10-14-4-7(12)5-15-10/h1-5H. The van der Waals surface area contributed by atoms with Crippen molar-refractivity contribution in [2.24, 2.45) is 0 Å². The van der Waals surface area contributed by atoms with Crippen molar-refractivity contribution in [3.05, 3.63) is 45.4 Å². The maximum Gasteiger partial charge on any atom is 0.322 e. The Morgan fingerprint density at radius 1 is 1.06 bits per heavy atom. The van der Waals surface area contributed by atoms with Crippen LogP contribution in [0.25, 0.3) is 0 Å². The van der Waals surface area contributed by atoms with Crippen molar-refractivity contribution in [2.45, 2.75) is 0 Å². The topological polar surface area (TPSA) is 35.0 Å². The summed E-state index contributed by atoms with van der Waals surface area (Å²) in [6.45, 7) is 0. The minimum Gasteiger partial charge on any atom is -0.421 e. The van der Waals surface area contributed by atoms with Crippen molar-refractivity contribution in [3.8, 4) is 11.8 Å². The Hall–Kier alpha value is -1.01. The van der Waals surface area contributed by atoms with Crippen molar-refractivity contribution >= 4 is 31.9 Å². The Morgan fingerprint density at radius 3 is 2.44 bits per heavy atom. The fourth-order valence-corrected chi connectivity index (χ4v) is 1.55. The van der Waals surface area contributed by atoms with Gasteiger partial charge < -0.3 is 4.74 Å². The van der Waals surface area contributed by atoms with Crippen LogP contribution in [0.1, 0.15) is 0 Å². The summed E-state index contributed by atoms with van der Waals surface area (Å²) in [5, 5.41) is 0. The highest BCUT2D eigenvalue weighted by Gasteiger charge is 2.06. The first-order chi connectivity index (χ1) is 7.65. The molecule has 0 N–H and O–H groups in total. The Morgan fingerprint density at radius 2 is 1.75 bits per heavy atom. The predicted octanol–water partition coefficient (Wildman–Crippen LogP) is 3.93. The molecule has 0 amide bonds. The van der Waals surface area contributed by atoms with E-state index in [9.17, 15) is 4.39 Å².